The van der Waals surface area contributed by atoms with E-state index in [4.69, 9.17) is 4.74 Å². The number of halogens is 2. The third-order valence-corrected chi connectivity index (χ3v) is 7.23. The Hall–Kier alpha value is 0.887. The molecule has 0 saturated heterocycles. The van der Waals surface area contributed by atoms with Crippen molar-refractivity contribution < 1.29 is 9.53 Å². The molecule has 0 rings (SSSR count). The van der Waals surface area contributed by atoms with Crippen LogP contribution in [0.5, 0.6) is 0 Å². The molecule has 0 aliphatic carbocycles. The highest BCUT2D eigenvalue weighted by Crippen LogP contribution is 2.12. The topological polar surface area (TPSA) is 26.3 Å². The number of carbonyl (C=O) groups excluding carboxylic acids is 1. The van der Waals surface area contributed by atoms with Gasteiger partial charge in [-0.1, -0.05) is 77.1 Å². The van der Waals surface area contributed by atoms with E-state index in [1.807, 2.05) is 0 Å². The van der Waals surface area contributed by atoms with Gasteiger partial charge in [0.05, 0.1) is 6.61 Å². The second-order valence-corrected chi connectivity index (χ2v) is 14.7. The maximum absolute atomic E-state index is 11.0. The Morgan fingerprint density at radius 3 is 2.50 bits per heavy atom. The Bertz CT molecular complexity index is 220. The Morgan fingerprint density at radius 2 is 1.94 bits per heavy atom. The van der Waals surface area contributed by atoms with E-state index in [0.29, 0.717) is 12.2 Å². The summed E-state index contributed by atoms with van der Waals surface area (Å²) in [6.45, 7) is 5.76. The molecule has 5 heteroatoms. The van der Waals surface area contributed by atoms with E-state index in [1.54, 1.807) is 6.92 Å². The van der Waals surface area contributed by atoms with Crippen molar-refractivity contribution in [1.29, 1.82) is 0 Å². The first-order valence-corrected chi connectivity index (χ1v) is 9.95. The SMILES string of the molecule is C=C(C)C(=O)OCCCCCC[SiH2]C(I)I. The van der Waals surface area contributed by atoms with E-state index in [9.17, 15) is 4.79 Å². The molecule has 0 aromatic rings. The van der Waals surface area contributed by atoms with Crippen molar-refractivity contribution in [2.24, 2.45) is 0 Å². The average molecular weight is 466 g/mol. The number of carbonyl (C=O) groups is 1. The van der Waals surface area contributed by atoms with E-state index >= 15 is 0 Å². The summed E-state index contributed by atoms with van der Waals surface area (Å²) >= 11 is 5.03. The van der Waals surface area contributed by atoms with Gasteiger partial charge < -0.3 is 4.74 Å². The van der Waals surface area contributed by atoms with E-state index in [-0.39, 0.29) is 15.5 Å². The quantitative estimate of drug-likeness (QED) is 0.130. The molecule has 0 aliphatic heterocycles. The van der Waals surface area contributed by atoms with E-state index < -0.39 is 0 Å². The summed E-state index contributed by atoms with van der Waals surface area (Å²) in [5, 5.41) is 0. The van der Waals surface area contributed by atoms with Crippen LogP contribution in [0, 0.1) is 0 Å². The first-order chi connectivity index (χ1) is 7.54. The molecule has 0 amide bonds. The molecule has 0 saturated carbocycles. The third kappa shape index (κ3) is 11.4. The van der Waals surface area contributed by atoms with Gasteiger partial charge in [0.1, 0.15) is 0 Å². The van der Waals surface area contributed by atoms with Gasteiger partial charge in [-0.25, -0.2) is 4.79 Å². The van der Waals surface area contributed by atoms with E-state index in [0.717, 1.165) is 7.98 Å². The summed E-state index contributed by atoms with van der Waals surface area (Å²) in [7, 11) is 0.159. The van der Waals surface area contributed by atoms with Crippen LogP contribution in [0.4, 0.5) is 0 Å². The van der Waals surface area contributed by atoms with Gasteiger partial charge in [0.2, 0.25) is 0 Å². The second kappa shape index (κ2) is 11.0. The van der Waals surface area contributed by atoms with Gasteiger partial charge in [0.25, 0.3) is 0 Å². The molecule has 0 spiro atoms. The van der Waals surface area contributed by atoms with Crippen molar-refractivity contribution in [1.82, 2.24) is 0 Å². The lowest BCUT2D eigenvalue weighted by atomic mass is 10.2. The minimum absolute atomic E-state index is 0.159. The Kier molecular flexibility index (Phi) is 11.6. The van der Waals surface area contributed by atoms with Crippen molar-refractivity contribution in [2.75, 3.05) is 6.61 Å². The number of hydrogen-bond acceptors (Lipinski definition) is 2. The zero-order chi connectivity index (χ0) is 12.4. The Balaban J connectivity index is 3.16. The molecule has 0 unspecified atom stereocenters. The van der Waals surface area contributed by atoms with Crippen molar-refractivity contribution in [3.8, 4) is 0 Å². The lowest BCUT2D eigenvalue weighted by molar-refractivity contribution is -0.139. The highest BCUT2D eigenvalue weighted by Gasteiger charge is 2.02. The predicted molar refractivity (Wildman–Crippen MR) is 89.4 cm³/mol. The number of alkyl halides is 2. The van der Waals surface area contributed by atoms with Gasteiger partial charge in [-0.2, -0.15) is 0 Å². The van der Waals surface area contributed by atoms with Gasteiger partial charge in [0, 0.05) is 16.6 Å². The number of unbranched alkanes of at least 4 members (excludes halogenated alkanes) is 3. The molecular formula is C11H20I2O2Si. The lowest BCUT2D eigenvalue weighted by Crippen LogP contribution is -2.06. The summed E-state index contributed by atoms with van der Waals surface area (Å²) < 4.78 is 5.91. The second-order valence-electron chi connectivity index (χ2n) is 3.86. The van der Waals surface area contributed by atoms with Crippen molar-refractivity contribution >= 4 is 60.7 Å². The van der Waals surface area contributed by atoms with Gasteiger partial charge in [0.15, 0.2) is 0 Å². The number of hydrogen-bond donors (Lipinski definition) is 0. The minimum atomic E-state index is -0.259. The van der Waals surface area contributed by atoms with Crippen molar-refractivity contribution in [3.63, 3.8) is 0 Å². The molecule has 0 N–H and O–H groups in total. The number of esters is 1. The van der Waals surface area contributed by atoms with Crippen LogP contribution in [0.2, 0.25) is 6.04 Å². The number of ether oxygens (including phenoxy) is 1. The van der Waals surface area contributed by atoms with Gasteiger partial charge in [-0.05, 0) is 13.3 Å². The first kappa shape index (κ1) is 16.9. The molecule has 94 valence electrons. The maximum atomic E-state index is 11.0. The van der Waals surface area contributed by atoms with E-state index in [2.05, 4.69) is 51.8 Å². The van der Waals surface area contributed by atoms with Gasteiger partial charge >= 0.3 is 5.97 Å². The monoisotopic (exact) mass is 466 g/mol. The molecule has 0 aromatic carbocycles. The molecule has 0 atom stereocenters. The van der Waals surface area contributed by atoms with Crippen molar-refractivity contribution in [2.45, 2.75) is 40.2 Å². The molecule has 0 aromatic heterocycles. The van der Waals surface area contributed by atoms with Crippen LogP contribution in [0.3, 0.4) is 0 Å². The highest BCUT2D eigenvalue weighted by atomic mass is 127. The van der Waals surface area contributed by atoms with Crippen molar-refractivity contribution in [3.05, 3.63) is 12.2 Å². The molecular weight excluding hydrogens is 446 g/mol. The third-order valence-electron chi connectivity index (χ3n) is 2.15. The molecule has 16 heavy (non-hydrogen) atoms. The molecule has 0 radical (unpaired) electrons. The zero-order valence-electron chi connectivity index (χ0n) is 9.81. The minimum Gasteiger partial charge on any atom is -0.462 e. The standard InChI is InChI=1S/C11H20I2O2Si/c1-9(2)10(14)15-7-5-3-4-6-8-16-11(12)13/h11H,1,3-8,16H2,2H3. The molecule has 0 heterocycles. The maximum Gasteiger partial charge on any atom is 0.333 e. The van der Waals surface area contributed by atoms with Crippen LogP contribution < -0.4 is 0 Å². The van der Waals surface area contributed by atoms with Crippen LogP contribution in [0.25, 0.3) is 0 Å². The highest BCUT2D eigenvalue weighted by molar-refractivity contribution is 14.2. The van der Waals surface area contributed by atoms with Gasteiger partial charge in [-0.15, -0.1) is 0 Å². The van der Waals surface area contributed by atoms with Crippen LogP contribution in [0.15, 0.2) is 12.2 Å². The fourth-order valence-electron chi connectivity index (χ4n) is 1.22. The summed E-state index contributed by atoms with van der Waals surface area (Å²) in [5.41, 5.74) is 0.487. The Morgan fingerprint density at radius 1 is 1.31 bits per heavy atom. The van der Waals surface area contributed by atoms with Crippen LogP contribution in [-0.4, -0.2) is 23.7 Å². The van der Waals surface area contributed by atoms with Gasteiger partial charge in [-0.3, -0.25) is 0 Å². The normalized spacial score (nSPS) is 11.2. The fraction of sp³-hybridized carbons (Fsp3) is 0.727. The van der Waals surface area contributed by atoms with E-state index in [1.165, 1.54) is 25.3 Å². The molecule has 2 nitrogen and oxygen atoms in total. The Labute approximate surface area is 128 Å². The average Bonchev–Trinajstić information content (AvgIpc) is 2.21. The number of rotatable bonds is 9. The smallest absolute Gasteiger partial charge is 0.333 e. The molecule has 0 fully saturated rings. The van der Waals surface area contributed by atoms with Crippen LogP contribution in [0.1, 0.15) is 32.6 Å². The summed E-state index contributed by atoms with van der Waals surface area (Å²) in [6.07, 6.45) is 4.78. The molecule has 0 aliphatic rings. The predicted octanol–water partition coefficient (Wildman–Crippen LogP) is 3.41. The zero-order valence-corrected chi connectivity index (χ0v) is 15.5. The summed E-state index contributed by atoms with van der Waals surface area (Å²) in [4.78, 5) is 11.0. The molecule has 0 bridgehead atoms. The largest absolute Gasteiger partial charge is 0.462 e. The van der Waals surface area contributed by atoms with Crippen LogP contribution >= 0.6 is 45.2 Å². The fourth-order valence-corrected chi connectivity index (χ4v) is 4.81. The summed E-state index contributed by atoms with van der Waals surface area (Å²) in [5.74, 6) is -0.259. The first-order valence-electron chi connectivity index (χ1n) is 5.65. The van der Waals surface area contributed by atoms with Crippen LogP contribution in [-0.2, 0) is 9.53 Å². The lowest BCUT2D eigenvalue weighted by Gasteiger charge is -2.04. The summed E-state index contributed by atoms with van der Waals surface area (Å²) in [6, 6.07) is 1.45.